The van der Waals surface area contributed by atoms with E-state index < -0.39 is 0 Å². The van der Waals surface area contributed by atoms with E-state index in [1.54, 1.807) is 0 Å². The summed E-state index contributed by atoms with van der Waals surface area (Å²) in [5, 5.41) is 3.61. The normalized spacial score (nSPS) is 17.7. The number of hydrogen-bond donors (Lipinski definition) is 1. The molecule has 1 aliphatic carbocycles. The topological polar surface area (TPSA) is 29.1 Å². The molecular weight excluding hydrogens is 361 g/mol. The Bertz CT molecular complexity index is 455. The molecule has 1 fully saturated rings. The Morgan fingerprint density at radius 1 is 1.44 bits per heavy atom. The van der Waals surface area contributed by atoms with E-state index in [0.29, 0.717) is 5.02 Å². The van der Waals surface area contributed by atoms with Gasteiger partial charge in [0.25, 0.3) is 0 Å². The molecule has 4 heteroatoms. The van der Waals surface area contributed by atoms with Gasteiger partial charge in [-0.1, -0.05) is 31.4 Å². The maximum absolute atomic E-state index is 12.4. The first-order valence-electron chi connectivity index (χ1n) is 6.34. The molecule has 0 atom stereocenters. The van der Waals surface area contributed by atoms with Gasteiger partial charge in [0.2, 0.25) is 5.91 Å². The molecule has 0 aliphatic heterocycles. The third kappa shape index (κ3) is 2.82. The van der Waals surface area contributed by atoms with E-state index >= 15 is 0 Å². The number of amides is 1. The van der Waals surface area contributed by atoms with Gasteiger partial charge in [0, 0.05) is 8.99 Å². The van der Waals surface area contributed by atoms with Gasteiger partial charge >= 0.3 is 0 Å². The van der Waals surface area contributed by atoms with Gasteiger partial charge in [-0.3, -0.25) is 4.79 Å². The fourth-order valence-electron chi connectivity index (χ4n) is 2.64. The highest BCUT2D eigenvalue weighted by Gasteiger charge is 2.39. The Morgan fingerprint density at radius 2 is 2.11 bits per heavy atom. The molecule has 0 radical (unpaired) electrons. The lowest BCUT2D eigenvalue weighted by Gasteiger charge is -2.26. The molecule has 0 bridgehead atoms. The first kappa shape index (κ1) is 14.1. The van der Waals surface area contributed by atoms with Crippen LogP contribution in [0.15, 0.2) is 18.2 Å². The molecule has 0 saturated heterocycles. The molecule has 0 heterocycles. The minimum absolute atomic E-state index is 0.130. The van der Waals surface area contributed by atoms with E-state index in [0.717, 1.165) is 41.4 Å². The zero-order chi connectivity index (χ0) is 13.2. The molecule has 1 N–H and O–H groups in total. The number of nitrogens with one attached hydrogen (secondary N) is 1. The third-order valence-electron chi connectivity index (χ3n) is 3.90. The third-order valence-corrected chi connectivity index (χ3v) is 4.88. The van der Waals surface area contributed by atoms with Gasteiger partial charge < -0.3 is 5.32 Å². The summed E-state index contributed by atoms with van der Waals surface area (Å²) in [6.07, 6.45) is 5.21. The van der Waals surface area contributed by atoms with Gasteiger partial charge in [0.1, 0.15) is 0 Å². The second-order valence-electron chi connectivity index (χ2n) is 4.92. The largest absolute Gasteiger partial charge is 0.324 e. The molecule has 0 unspecified atom stereocenters. The van der Waals surface area contributed by atoms with Crippen LogP contribution >= 0.6 is 34.2 Å². The molecule has 0 aromatic heterocycles. The molecule has 1 aliphatic rings. The summed E-state index contributed by atoms with van der Waals surface area (Å²) in [7, 11) is 0. The summed E-state index contributed by atoms with van der Waals surface area (Å²) in [6.45, 7) is 2.10. The average molecular weight is 378 g/mol. The predicted molar refractivity (Wildman–Crippen MR) is 84.0 cm³/mol. The SMILES string of the molecule is CCC1(C(=O)Nc2ccc(I)cc2Cl)CCCC1. The van der Waals surface area contributed by atoms with Crippen LogP contribution in [0.25, 0.3) is 0 Å². The van der Waals surface area contributed by atoms with E-state index in [9.17, 15) is 4.79 Å². The summed E-state index contributed by atoms with van der Waals surface area (Å²) >= 11 is 8.36. The van der Waals surface area contributed by atoms with Crippen LogP contribution in [-0.2, 0) is 4.79 Å². The molecule has 1 saturated carbocycles. The average Bonchev–Trinajstić information content (AvgIpc) is 2.82. The molecule has 0 spiro atoms. The van der Waals surface area contributed by atoms with Gasteiger partial charge in [-0.2, -0.15) is 0 Å². The second-order valence-corrected chi connectivity index (χ2v) is 6.57. The monoisotopic (exact) mass is 377 g/mol. The number of hydrogen-bond acceptors (Lipinski definition) is 1. The maximum atomic E-state index is 12.4. The van der Waals surface area contributed by atoms with Crippen LogP contribution < -0.4 is 5.32 Å². The summed E-state index contributed by atoms with van der Waals surface area (Å²) in [6, 6.07) is 5.70. The molecule has 18 heavy (non-hydrogen) atoms. The minimum atomic E-state index is -0.174. The lowest BCUT2D eigenvalue weighted by Crippen LogP contribution is -2.33. The molecule has 98 valence electrons. The van der Waals surface area contributed by atoms with Crippen molar-refractivity contribution in [3.05, 3.63) is 26.8 Å². The van der Waals surface area contributed by atoms with Gasteiger partial charge in [0.15, 0.2) is 0 Å². The molecule has 1 aromatic rings. The predicted octanol–water partition coefficient (Wildman–Crippen LogP) is 4.85. The van der Waals surface area contributed by atoms with Crippen molar-refractivity contribution in [3.63, 3.8) is 0 Å². The number of carbonyl (C=O) groups is 1. The number of halogens is 2. The van der Waals surface area contributed by atoms with Gasteiger partial charge in [0.05, 0.1) is 10.7 Å². The zero-order valence-electron chi connectivity index (χ0n) is 10.4. The van der Waals surface area contributed by atoms with Crippen molar-refractivity contribution in [1.82, 2.24) is 0 Å². The van der Waals surface area contributed by atoms with Crippen molar-refractivity contribution in [2.75, 3.05) is 5.32 Å². The van der Waals surface area contributed by atoms with E-state index in [2.05, 4.69) is 34.8 Å². The van der Waals surface area contributed by atoms with E-state index in [4.69, 9.17) is 11.6 Å². The lowest BCUT2D eigenvalue weighted by atomic mass is 9.82. The molecule has 1 aromatic carbocycles. The smallest absolute Gasteiger partial charge is 0.230 e. The minimum Gasteiger partial charge on any atom is -0.324 e. The highest BCUT2D eigenvalue weighted by Crippen LogP contribution is 2.42. The number of benzene rings is 1. The van der Waals surface area contributed by atoms with E-state index in [1.165, 1.54) is 0 Å². The number of anilines is 1. The Labute approximate surface area is 127 Å². The first-order chi connectivity index (χ1) is 8.57. The summed E-state index contributed by atoms with van der Waals surface area (Å²) < 4.78 is 1.07. The van der Waals surface area contributed by atoms with Crippen molar-refractivity contribution >= 4 is 45.8 Å². The highest BCUT2D eigenvalue weighted by molar-refractivity contribution is 14.1. The number of rotatable bonds is 3. The zero-order valence-corrected chi connectivity index (χ0v) is 13.3. The van der Waals surface area contributed by atoms with Crippen LogP contribution in [-0.4, -0.2) is 5.91 Å². The van der Waals surface area contributed by atoms with Crippen LogP contribution in [0.3, 0.4) is 0 Å². The Hall–Kier alpha value is -0.290. The lowest BCUT2D eigenvalue weighted by molar-refractivity contribution is -0.125. The highest BCUT2D eigenvalue weighted by atomic mass is 127. The number of carbonyl (C=O) groups excluding carboxylic acids is 1. The Kier molecular flexibility index (Phi) is 4.54. The maximum Gasteiger partial charge on any atom is 0.230 e. The molecule has 2 nitrogen and oxygen atoms in total. The summed E-state index contributed by atoms with van der Waals surface area (Å²) in [4.78, 5) is 12.4. The second kappa shape index (κ2) is 5.78. The van der Waals surface area contributed by atoms with E-state index in [1.807, 2.05) is 18.2 Å². The molecule has 2 rings (SSSR count). The summed E-state index contributed by atoms with van der Waals surface area (Å²) in [5.41, 5.74) is 0.550. The van der Waals surface area contributed by atoms with Crippen molar-refractivity contribution < 1.29 is 4.79 Å². The van der Waals surface area contributed by atoms with Gasteiger partial charge in [-0.25, -0.2) is 0 Å². The fraction of sp³-hybridized carbons (Fsp3) is 0.500. The standard InChI is InChI=1S/C14H17ClINO/c1-2-14(7-3-4-8-14)13(18)17-12-6-5-10(16)9-11(12)15/h5-6,9H,2-4,7-8H2,1H3,(H,17,18). The Morgan fingerprint density at radius 3 is 2.67 bits per heavy atom. The molecule has 1 amide bonds. The van der Waals surface area contributed by atoms with Crippen molar-refractivity contribution in [2.45, 2.75) is 39.0 Å². The molecular formula is C14H17ClINO. The quantitative estimate of drug-likeness (QED) is 0.749. The van der Waals surface area contributed by atoms with Crippen LogP contribution in [0, 0.1) is 8.99 Å². The van der Waals surface area contributed by atoms with Crippen molar-refractivity contribution in [2.24, 2.45) is 5.41 Å². The van der Waals surface area contributed by atoms with Crippen LogP contribution in [0.4, 0.5) is 5.69 Å². The fourth-order valence-corrected chi connectivity index (χ4v) is 3.54. The van der Waals surface area contributed by atoms with Crippen LogP contribution in [0.2, 0.25) is 5.02 Å². The summed E-state index contributed by atoms with van der Waals surface area (Å²) in [5.74, 6) is 0.130. The van der Waals surface area contributed by atoms with Crippen LogP contribution in [0.1, 0.15) is 39.0 Å². The van der Waals surface area contributed by atoms with Crippen molar-refractivity contribution in [1.29, 1.82) is 0 Å². The van der Waals surface area contributed by atoms with Gasteiger partial charge in [-0.05, 0) is 60.1 Å². The van der Waals surface area contributed by atoms with Crippen LogP contribution in [0.5, 0.6) is 0 Å². The Balaban J connectivity index is 2.15. The van der Waals surface area contributed by atoms with E-state index in [-0.39, 0.29) is 11.3 Å². The first-order valence-corrected chi connectivity index (χ1v) is 7.79. The van der Waals surface area contributed by atoms with Gasteiger partial charge in [-0.15, -0.1) is 0 Å². The van der Waals surface area contributed by atoms with Crippen molar-refractivity contribution in [3.8, 4) is 0 Å².